The van der Waals surface area contributed by atoms with Gasteiger partial charge in [-0.15, -0.1) is 0 Å². The molecule has 0 aliphatic rings. The van der Waals surface area contributed by atoms with Crippen molar-refractivity contribution >= 4 is 43.2 Å². The molecule has 1 atom stereocenters. The Labute approximate surface area is 156 Å². The average Bonchev–Trinajstić information content (AvgIpc) is 2.53. The highest BCUT2D eigenvalue weighted by atomic mass is 79.9. The molecule has 0 radical (unpaired) electrons. The summed E-state index contributed by atoms with van der Waals surface area (Å²) in [5, 5.41) is 2.73. The number of ether oxygens (including phenoxy) is 1. The topological polar surface area (TPSA) is 75.7 Å². The first-order valence-electron chi connectivity index (χ1n) is 7.42. The van der Waals surface area contributed by atoms with E-state index in [1.807, 2.05) is 6.07 Å². The molecule has 0 aliphatic heterocycles. The number of methoxy groups -OCH3 is 1. The van der Waals surface area contributed by atoms with Crippen molar-refractivity contribution in [3.63, 3.8) is 0 Å². The molecule has 0 bridgehead atoms. The Hall–Kier alpha value is -2.06. The molecule has 134 valence electrons. The summed E-state index contributed by atoms with van der Waals surface area (Å²) >= 11 is 3.33. The zero-order chi connectivity index (χ0) is 18.6. The summed E-state index contributed by atoms with van der Waals surface area (Å²) < 4.78 is 31.6. The normalized spacial score (nSPS) is 12.3. The zero-order valence-corrected chi connectivity index (χ0v) is 16.5. The van der Waals surface area contributed by atoms with Crippen LogP contribution in [0.25, 0.3) is 0 Å². The van der Waals surface area contributed by atoms with Gasteiger partial charge in [-0.25, -0.2) is 8.42 Å². The fourth-order valence-corrected chi connectivity index (χ4v) is 3.94. The number of rotatable bonds is 6. The number of amides is 1. The van der Waals surface area contributed by atoms with Gasteiger partial charge in [0.05, 0.1) is 19.1 Å². The SMILES string of the molecule is COc1cccc(N(C(C)C(=O)Nc2cccc(Br)c2)S(C)(=O)=O)c1. The number of carbonyl (C=O) groups is 1. The molecule has 0 aromatic heterocycles. The minimum atomic E-state index is -3.68. The van der Waals surface area contributed by atoms with Gasteiger partial charge in [0.2, 0.25) is 15.9 Å². The lowest BCUT2D eigenvalue weighted by molar-refractivity contribution is -0.116. The number of hydrogen-bond donors (Lipinski definition) is 1. The first kappa shape index (κ1) is 19.3. The van der Waals surface area contributed by atoms with Crippen LogP contribution in [0.5, 0.6) is 5.75 Å². The van der Waals surface area contributed by atoms with Gasteiger partial charge in [-0.3, -0.25) is 9.10 Å². The molecular weight excluding hydrogens is 408 g/mol. The van der Waals surface area contributed by atoms with Crippen molar-refractivity contribution < 1.29 is 17.9 Å². The van der Waals surface area contributed by atoms with E-state index in [1.165, 1.54) is 14.0 Å². The minimum Gasteiger partial charge on any atom is -0.497 e. The Morgan fingerprint density at radius 2 is 1.88 bits per heavy atom. The highest BCUT2D eigenvalue weighted by Crippen LogP contribution is 2.26. The standard InChI is InChI=1S/C17H19BrN2O4S/c1-12(17(21)19-14-7-4-6-13(18)10-14)20(25(3,22)23)15-8-5-9-16(11-15)24-2/h4-12H,1-3H3,(H,19,21). The Morgan fingerprint density at radius 1 is 1.20 bits per heavy atom. The lowest BCUT2D eigenvalue weighted by atomic mass is 10.2. The minimum absolute atomic E-state index is 0.360. The van der Waals surface area contributed by atoms with E-state index in [0.717, 1.165) is 15.0 Å². The Morgan fingerprint density at radius 3 is 2.48 bits per heavy atom. The first-order valence-corrected chi connectivity index (χ1v) is 10.1. The van der Waals surface area contributed by atoms with Crippen LogP contribution in [0.15, 0.2) is 53.0 Å². The molecule has 0 fully saturated rings. The van der Waals surface area contributed by atoms with Gasteiger partial charge in [-0.2, -0.15) is 0 Å². The van der Waals surface area contributed by atoms with Gasteiger partial charge in [0.1, 0.15) is 11.8 Å². The third kappa shape index (κ3) is 4.96. The fraction of sp³-hybridized carbons (Fsp3) is 0.235. The highest BCUT2D eigenvalue weighted by Gasteiger charge is 2.29. The molecule has 8 heteroatoms. The first-order chi connectivity index (χ1) is 11.7. The van der Waals surface area contributed by atoms with E-state index >= 15 is 0 Å². The van der Waals surface area contributed by atoms with Crippen LogP contribution in [-0.4, -0.2) is 33.7 Å². The number of nitrogens with zero attached hydrogens (tertiary/aromatic N) is 1. The van der Waals surface area contributed by atoms with Crippen LogP contribution in [-0.2, 0) is 14.8 Å². The number of halogens is 1. The number of hydrogen-bond acceptors (Lipinski definition) is 4. The van der Waals surface area contributed by atoms with Crippen molar-refractivity contribution in [3.05, 3.63) is 53.0 Å². The molecular formula is C17H19BrN2O4S. The number of anilines is 2. The summed E-state index contributed by atoms with van der Waals surface area (Å²) in [4.78, 5) is 12.6. The smallest absolute Gasteiger partial charge is 0.247 e. The molecule has 2 aromatic carbocycles. The summed E-state index contributed by atoms with van der Waals surface area (Å²) in [6.07, 6.45) is 1.06. The van der Waals surface area contributed by atoms with Crippen LogP contribution in [0.2, 0.25) is 0 Å². The van der Waals surface area contributed by atoms with Crippen LogP contribution in [0.1, 0.15) is 6.92 Å². The second-order valence-electron chi connectivity index (χ2n) is 5.44. The number of sulfonamides is 1. The molecule has 0 spiro atoms. The quantitative estimate of drug-likeness (QED) is 0.768. The molecule has 2 aromatic rings. The zero-order valence-electron chi connectivity index (χ0n) is 14.1. The third-order valence-electron chi connectivity index (χ3n) is 3.49. The second kappa shape index (κ2) is 7.88. The molecule has 25 heavy (non-hydrogen) atoms. The molecule has 1 N–H and O–H groups in total. The Kier molecular flexibility index (Phi) is 6.07. The molecule has 0 saturated heterocycles. The Balaban J connectivity index is 2.32. The van der Waals surface area contributed by atoms with Crippen LogP contribution >= 0.6 is 15.9 Å². The van der Waals surface area contributed by atoms with Crippen LogP contribution in [0.3, 0.4) is 0 Å². The van der Waals surface area contributed by atoms with Crippen molar-refractivity contribution in [3.8, 4) is 5.75 Å². The average molecular weight is 427 g/mol. The van der Waals surface area contributed by atoms with Gasteiger partial charge in [0.25, 0.3) is 0 Å². The maximum absolute atomic E-state index is 12.6. The van der Waals surface area contributed by atoms with E-state index in [0.29, 0.717) is 17.1 Å². The van der Waals surface area contributed by atoms with Gasteiger partial charge in [-0.05, 0) is 37.3 Å². The van der Waals surface area contributed by atoms with E-state index in [-0.39, 0.29) is 0 Å². The van der Waals surface area contributed by atoms with E-state index in [9.17, 15) is 13.2 Å². The molecule has 0 heterocycles. The third-order valence-corrected chi connectivity index (χ3v) is 5.22. The molecule has 1 amide bonds. The van der Waals surface area contributed by atoms with Crippen LogP contribution in [0, 0.1) is 0 Å². The van der Waals surface area contributed by atoms with E-state index in [2.05, 4.69) is 21.2 Å². The number of nitrogens with one attached hydrogen (secondary N) is 1. The van der Waals surface area contributed by atoms with Crippen molar-refractivity contribution in [2.45, 2.75) is 13.0 Å². The summed E-state index contributed by atoms with van der Waals surface area (Å²) in [5.74, 6) is 0.0668. The molecule has 6 nitrogen and oxygen atoms in total. The van der Waals surface area contributed by atoms with Crippen molar-refractivity contribution in [2.24, 2.45) is 0 Å². The van der Waals surface area contributed by atoms with Crippen molar-refractivity contribution in [1.82, 2.24) is 0 Å². The Bertz CT molecular complexity index is 870. The lowest BCUT2D eigenvalue weighted by Crippen LogP contribution is -2.45. The van der Waals surface area contributed by atoms with Crippen LogP contribution in [0.4, 0.5) is 11.4 Å². The van der Waals surface area contributed by atoms with Crippen LogP contribution < -0.4 is 14.4 Å². The van der Waals surface area contributed by atoms with Crippen molar-refractivity contribution in [1.29, 1.82) is 0 Å². The van der Waals surface area contributed by atoms with Gasteiger partial charge in [0, 0.05) is 16.2 Å². The predicted molar refractivity (Wildman–Crippen MR) is 103 cm³/mol. The monoisotopic (exact) mass is 426 g/mol. The fourth-order valence-electron chi connectivity index (χ4n) is 2.37. The van der Waals surface area contributed by atoms with Gasteiger partial charge < -0.3 is 10.1 Å². The highest BCUT2D eigenvalue weighted by molar-refractivity contribution is 9.10. The summed E-state index contributed by atoms with van der Waals surface area (Å²) in [7, 11) is -2.19. The molecule has 0 aliphatic carbocycles. The lowest BCUT2D eigenvalue weighted by Gasteiger charge is -2.28. The summed E-state index contributed by atoms with van der Waals surface area (Å²) in [6.45, 7) is 1.54. The van der Waals surface area contributed by atoms with E-state index in [4.69, 9.17) is 4.74 Å². The van der Waals surface area contributed by atoms with Gasteiger partial charge in [-0.1, -0.05) is 28.1 Å². The van der Waals surface area contributed by atoms with Gasteiger partial charge >= 0.3 is 0 Å². The summed E-state index contributed by atoms with van der Waals surface area (Å²) in [5.41, 5.74) is 0.934. The van der Waals surface area contributed by atoms with E-state index in [1.54, 1.807) is 42.5 Å². The molecule has 2 rings (SSSR count). The van der Waals surface area contributed by atoms with Gasteiger partial charge in [0.15, 0.2) is 0 Å². The number of carbonyl (C=O) groups excluding carboxylic acids is 1. The van der Waals surface area contributed by atoms with Crippen molar-refractivity contribution in [2.75, 3.05) is 23.0 Å². The summed E-state index contributed by atoms with van der Waals surface area (Å²) in [6, 6.07) is 12.7. The molecule has 0 saturated carbocycles. The number of benzene rings is 2. The predicted octanol–water partition coefficient (Wildman–Crippen LogP) is 3.25. The van der Waals surface area contributed by atoms with E-state index < -0.39 is 22.0 Å². The molecule has 1 unspecified atom stereocenters. The largest absolute Gasteiger partial charge is 0.497 e. The maximum Gasteiger partial charge on any atom is 0.247 e. The second-order valence-corrected chi connectivity index (χ2v) is 8.21. The maximum atomic E-state index is 12.6.